The minimum Gasteiger partial charge on any atom is -0.367 e. The van der Waals surface area contributed by atoms with Crippen LogP contribution in [0.3, 0.4) is 0 Å². The Bertz CT molecular complexity index is 581. The summed E-state index contributed by atoms with van der Waals surface area (Å²) < 4.78 is 0. The average Bonchev–Trinajstić information content (AvgIpc) is 2.41. The molecule has 0 atom stereocenters. The van der Waals surface area contributed by atoms with Gasteiger partial charge >= 0.3 is 0 Å². The Balaban J connectivity index is 2.03. The van der Waals surface area contributed by atoms with Gasteiger partial charge in [0.25, 0.3) is 5.91 Å². The third kappa shape index (κ3) is 3.93. The molecule has 0 unspecified atom stereocenters. The van der Waals surface area contributed by atoms with Crippen LogP contribution in [-0.2, 0) is 0 Å². The molecular weight excluding hydrogens is 276 g/mol. The highest BCUT2D eigenvalue weighted by atomic mass is 35.5. The van der Waals surface area contributed by atoms with Gasteiger partial charge in [0, 0.05) is 16.8 Å². The summed E-state index contributed by atoms with van der Waals surface area (Å²) in [5, 5.41) is 6.45. The molecule has 6 heteroatoms. The lowest BCUT2D eigenvalue weighted by atomic mass is 10.3. The van der Waals surface area contributed by atoms with Crippen molar-refractivity contribution in [2.75, 3.05) is 10.6 Å². The number of nitrogens with zero attached hydrogens (tertiary/aromatic N) is 2. The maximum Gasteiger partial charge on any atom is 0.275 e. The lowest BCUT2D eigenvalue weighted by Gasteiger charge is -2.09. The normalized spacial score (nSPS) is 10.4. The standard InChI is InChI=1S/C14H15ClN4O/c1-9(2)18-13-8-16-12(7-17-13)14(20)19-11-5-3-10(15)4-6-11/h3-9H,1-2H3,(H,17,18)(H,19,20). The number of carbonyl (C=O) groups is 1. The molecule has 0 aliphatic rings. The highest BCUT2D eigenvalue weighted by molar-refractivity contribution is 6.30. The number of benzene rings is 1. The van der Waals surface area contributed by atoms with E-state index in [0.29, 0.717) is 16.5 Å². The van der Waals surface area contributed by atoms with Gasteiger partial charge in [-0.05, 0) is 38.1 Å². The molecule has 0 aliphatic carbocycles. The fourth-order valence-electron chi connectivity index (χ4n) is 1.54. The number of nitrogens with one attached hydrogen (secondary N) is 2. The molecule has 0 saturated heterocycles. The summed E-state index contributed by atoms with van der Waals surface area (Å²) in [6, 6.07) is 7.12. The van der Waals surface area contributed by atoms with Crippen molar-refractivity contribution in [3.05, 3.63) is 47.4 Å². The average molecular weight is 291 g/mol. The number of rotatable bonds is 4. The minimum absolute atomic E-state index is 0.259. The second-order valence-electron chi connectivity index (χ2n) is 4.55. The van der Waals surface area contributed by atoms with Crippen LogP contribution in [0.4, 0.5) is 11.5 Å². The minimum atomic E-state index is -0.309. The van der Waals surface area contributed by atoms with E-state index in [0.717, 1.165) is 0 Å². The molecule has 1 heterocycles. The fourth-order valence-corrected chi connectivity index (χ4v) is 1.67. The molecule has 2 aromatic rings. The Morgan fingerprint density at radius 3 is 2.40 bits per heavy atom. The van der Waals surface area contributed by atoms with Gasteiger partial charge in [0.2, 0.25) is 0 Å². The molecule has 0 spiro atoms. The molecule has 0 saturated carbocycles. The summed E-state index contributed by atoms with van der Waals surface area (Å²) in [7, 11) is 0. The fraction of sp³-hybridized carbons (Fsp3) is 0.214. The molecule has 1 aromatic heterocycles. The molecular formula is C14H15ClN4O. The van der Waals surface area contributed by atoms with Gasteiger partial charge in [0.15, 0.2) is 0 Å². The monoisotopic (exact) mass is 290 g/mol. The van der Waals surface area contributed by atoms with Crippen LogP contribution in [0.5, 0.6) is 0 Å². The van der Waals surface area contributed by atoms with Crippen LogP contribution >= 0.6 is 11.6 Å². The van der Waals surface area contributed by atoms with E-state index in [-0.39, 0.29) is 17.6 Å². The van der Waals surface area contributed by atoms with Crippen LogP contribution in [0.25, 0.3) is 0 Å². The second kappa shape index (κ2) is 6.34. The largest absolute Gasteiger partial charge is 0.367 e. The van der Waals surface area contributed by atoms with Gasteiger partial charge < -0.3 is 10.6 Å². The van der Waals surface area contributed by atoms with Gasteiger partial charge in [0.05, 0.1) is 12.4 Å². The third-order valence-corrected chi connectivity index (χ3v) is 2.68. The Hall–Kier alpha value is -2.14. The van der Waals surface area contributed by atoms with Crippen LogP contribution in [0.1, 0.15) is 24.3 Å². The van der Waals surface area contributed by atoms with E-state index in [1.165, 1.54) is 12.4 Å². The van der Waals surface area contributed by atoms with E-state index >= 15 is 0 Å². The van der Waals surface area contributed by atoms with Gasteiger partial charge in [-0.25, -0.2) is 9.97 Å². The van der Waals surface area contributed by atoms with Crippen molar-refractivity contribution in [1.29, 1.82) is 0 Å². The van der Waals surface area contributed by atoms with E-state index in [4.69, 9.17) is 11.6 Å². The zero-order valence-electron chi connectivity index (χ0n) is 11.2. The molecule has 0 fully saturated rings. The molecule has 20 heavy (non-hydrogen) atoms. The number of aromatic nitrogens is 2. The lowest BCUT2D eigenvalue weighted by Crippen LogP contribution is -2.16. The van der Waals surface area contributed by atoms with Crippen LogP contribution in [0, 0.1) is 0 Å². The molecule has 0 aliphatic heterocycles. The topological polar surface area (TPSA) is 66.9 Å². The summed E-state index contributed by atoms with van der Waals surface area (Å²) in [5.74, 6) is 0.332. The Labute approximate surface area is 122 Å². The first-order valence-corrected chi connectivity index (χ1v) is 6.58. The first-order chi connectivity index (χ1) is 9.54. The zero-order valence-corrected chi connectivity index (χ0v) is 12.0. The van der Waals surface area contributed by atoms with E-state index in [2.05, 4.69) is 20.6 Å². The van der Waals surface area contributed by atoms with Crippen molar-refractivity contribution in [2.45, 2.75) is 19.9 Å². The maximum atomic E-state index is 12.0. The van der Waals surface area contributed by atoms with Gasteiger partial charge in [-0.15, -0.1) is 0 Å². The number of halogens is 1. The Morgan fingerprint density at radius 1 is 1.15 bits per heavy atom. The number of amides is 1. The summed E-state index contributed by atoms with van der Waals surface area (Å²) in [5.41, 5.74) is 0.917. The van der Waals surface area contributed by atoms with Crippen LogP contribution in [0.15, 0.2) is 36.7 Å². The van der Waals surface area contributed by atoms with Crippen molar-refractivity contribution in [3.63, 3.8) is 0 Å². The molecule has 5 nitrogen and oxygen atoms in total. The van der Waals surface area contributed by atoms with E-state index in [9.17, 15) is 4.79 Å². The van der Waals surface area contributed by atoms with Gasteiger partial charge in [-0.3, -0.25) is 4.79 Å². The molecule has 2 N–H and O–H groups in total. The molecule has 1 aromatic carbocycles. The molecule has 0 radical (unpaired) electrons. The highest BCUT2D eigenvalue weighted by Crippen LogP contribution is 2.14. The number of hydrogen-bond donors (Lipinski definition) is 2. The first-order valence-electron chi connectivity index (χ1n) is 6.20. The summed E-state index contributed by atoms with van der Waals surface area (Å²) >= 11 is 5.78. The predicted octanol–water partition coefficient (Wildman–Crippen LogP) is 3.20. The second-order valence-corrected chi connectivity index (χ2v) is 4.98. The van der Waals surface area contributed by atoms with Crippen LogP contribution < -0.4 is 10.6 Å². The van der Waals surface area contributed by atoms with Crippen LogP contribution in [-0.4, -0.2) is 21.9 Å². The number of anilines is 2. The summed E-state index contributed by atoms with van der Waals surface area (Å²) in [6.07, 6.45) is 2.98. The van der Waals surface area contributed by atoms with Gasteiger partial charge in [-0.2, -0.15) is 0 Å². The van der Waals surface area contributed by atoms with Crippen LogP contribution in [0.2, 0.25) is 5.02 Å². The van der Waals surface area contributed by atoms with E-state index in [1.54, 1.807) is 24.3 Å². The number of carbonyl (C=O) groups excluding carboxylic acids is 1. The van der Waals surface area contributed by atoms with E-state index < -0.39 is 0 Å². The Morgan fingerprint density at radius 2 is 1.85 bits per heavy atom. The zero-order chi connectivity index (χ0) is 14.5. The summed E-state index contributed by atoms with van der Waals surface area (Å²) in [6.45, 7) is 4.01. The third-order valence-electron chi connectivity index (χ3n) is 2.42. The maximum absolute atomic E-state index is 12.0. The van der Waals surface area contributed by atoms with E-state index in [1.807, 2.05) is 13.8 Å². The van der Waals surface area contributed by atoms with Crippen molar-refractivity contribution in [3.8, 4) is 0 Å². The van der Waals surface area contributed by atoms with Gasteiger partial charge in [0.1, 0.15) is 11.5 Å². The predicted molar refractivity (Wildman–Crippen MR) is 80.2 cm³/mol. The smallest absolute Gasteiger partial charge is 0.275 e. The number of hydrogen-bond acceptors (Lipinski definition) is 4. The molecule has 0 bridgehead atoms. The van der Waals surface area contributed by atoms with Gasteiger partial charge in [-0.1, -0.05) is 11.6 Å². The summed E-state index contributed by atoms with van der Waals surface area (Å²) in [4.78, 5) is 20.2. The van der Waals surface area contributed by atoms with Crippen molar-refractivity contribution < 1.29 is 4.79 Å². The van der Waals surface area contributed by atoms with Crippen molar-refractivity contribution >= 4 is 29.0 Å². The quantitative estimate of drug-likeness (QED) is 0.907. The van der Waals surface area contributed by atoms with Crippen molar-refractivity contribution in [1.82, 2.24) is 9.97 Å². The molecule has 2 rings (SSSR count). The first kappa shape index (κ1) is 14.3. The Kier molecular flexibility index (Phi) is 4.53. The molecule has 104 valence electrons. The highest BCUT2D eigenvalue weighted by Gasteiger charge is 2.08. The van der Waals surface area contributed by atoms with Crippen molar-refractivity contribution in [2.24, 2.45) is 0 Å². The SMILES string of the molecule is CC(C)Nc1cnc(C(=O)Nc2ccc(Cl)cc2)cn1. The molecule has 1 amide bonds. The lowest BCUT2D eigenvalue weighted by molar-refractivity contribution is 0.102.